The molecule has 1 fully saturated rings. The molecular formula is C14H21NO4. The van der Waals surface area contributed by atoms with E-state index in [0.717, 1.165) is 12.1 Å². The molecule has 5 nitrogen and oxygen atoms in total. The molecule has 2 rings (SSSR count). The molecule has 0 aliphatic heterocycles. The minimum atomic E-state index is -1.03. The van der Waals surface area contributed by atoms with Gasteiger partial charge in [-0.3, -0.25) is 0 Å². The molecule has 0 atom stereocenters. The Hall–Kier alpha value is -1.33. The van der Waals surface area contributed by atoms with Crippen molar-refractivity contribution < 1.29 is 19.1 Å². The van der Waals surface area contributed by atoms with E-state index < -0.39 is 5.97 Å². The van der Waals surface area contributed by atoms with E-state index in [1.165, 1.54) is 25.7 Å². The second-order valence-electron chi connectivity index (χ2n) is 4.95. The number of furan rings is 1. The van der Waals surface area contributed by atoms with Crippen LogP contribution in [-0.4, -0.2) is 30.3 Å². The average molecular weight is 267 g/mol. The lowest BCUT2D eigenvalue weighted by molar-refractivity contribution is 0.0602. The molecule has 0 amide bonds. The molecule has 1 saturated carbocycles. The van der Waals surface area contributed by atoms with Crippen molar-refractivity contribution in [2.45, 2.75) is 45.3 Å². The lowest BCUT2D eigenvalue weighted by Gasteiger charge is -2.11. The Balaban J connectivity index is 1.66. The zero-order valence-electron chi connectivity index (χ0n) is 11.3. The number of rotatable bonds is 7. The van der Waals surface area contributed by atoms with Gasteiger partial charge in [0.1, 0.15) is 5.76 Å². The Bertz CT molecular complexity index is 421. The number of carboxylic acid groups (broad SMARTS) is 1. The number of nitrogens with one attached hydrogen (secondary N) is 1. The maximum absolute atomic E-state index is 10.8. The van der Waals surface area contributed by atoms with Gasteiger partial charge in [0.2, 0.25) is 5.76 Å². The molecule has 5 heteroatoms. The van der Waals surface area contributed by atoms with Gasteiger partial charge in [-0.15, -0.1) is 0 Å². The summed E-state index contributed by atoms with van der Waals surface area (Å²) in [6, 6.07) is 1.57. The topological polar surface area (TPSA) is 71.7 Å². The Morgan fingerprint density at radius 1 is 1.53 bits per heavy atom. The first kappa shape index (κ1) is 14.1. The van der Waals surface area contributed by atoms with E-state index in [1.54, 1.807) is 13.0 Å². The normalized spacial score (nSPS) is 16.1. The number of aromatic carboxylic acids is 1. The predicted octanol–water partition coefficient (Wildman–Crippen LogP) is 2.34. The van der Waals surface area contributed by atoms with Crippen molar-refractivity contribution >= 4 is 5.97 Å². The third-order valence-corrected chi connectivity index (χ3v) is 3.48. The van der Waals surface area contributed by atoms with Crippen LogP contribution in [0.25, 0.3) is 0 Å². The van der Waals surface area contributed by atoms with Gasteiger partial charge in [-0.05, 0) is 25.8 Å². The third-order valence-electron chi connectivity index (χ3n) is 3.48. The Morgan fingerprint density at radius 3 is 2.89 bits per heavy atom. The molecule has 19 heavy (non-hydrogen) atoms. The van der Waals surface area contributed by atoms with Crippen LogP contribution in [0.15, 0.2) is 10.5 Å². The fraction of sp³-hybridized carbons (Fsp3) is 0.643. The molecule has 0 radical (unpaired) electrons. The Labute approximate surface area is 112 Å². The van der Waals surface area contributed by atoms with Crippen LogP contribution in [0.5, 0.6) is 0 Å². The first-order chi connectivity index (χ1) is 9.16. The van der Waals surface area contributed by atoms with Crippen molar-refractivity contribution in [2.24, 2.45) is 0 Å². The summed E-state index contributed by atoms with van der Waals surface area (Å²) in [5.41, 5.74) is 0.887. The standard InChI is InChI=1S/C14H21NO4/c1-10-11(8-13(19-10)14(16)17)9-15-6-7-18-12-4-2-3-5-12/h8,12,15H,2-7,9H2,1H3,(H,16,17). The van der Waals surface area contributed by atoms with E-state index in [9.17, 15) is 4.79 Å². The van der Waals surface area contributed by atoms with Gasteiger partial charge in [-0.2, -0.15) is 0 Å². The van der Waals surface area contributed by atoms with Crippen molar-refractivity contribution in [1.29, 1.82) is 0 Å². The van der Waals surface area contributed by atoms with E-state index in [4.69, 9.17) is 14.3 Å². The molecule has 1 aliphatic carbocycles. The highest BCUT2D eigenvalue weighted by atomic mass is 16.5. The number of hydrogen-bond donors (Lipinski definition) is 2. The fourth-order valence-electron chi connectivity index (χ4n) is 2.38. The smallest absolute Gasteiger partial charge is 0.371 e. The first-order valence-electron chi connectivity index (χ1n) is 6.81. The largest absolute Gasteiger partial charge is 0.475 e. The van der Waals surface area contributed by atoms with Crippen molar-refractivity contribution in [3.8, 4) is 0 Å². The van der Waals surface area contributed by atoms with Gasteiger partial charge < -0.3 is 19.6 Å². The first-order valence-corrected chi connectivity index (χ1v) is 6.81. The van der Waals surface area contributed by atoms with Gasteiger partial charge in [0.05, 0.1) is 12.7 Å². The van der Waals surface area contributed by atoms with Gasteiger partial charge in [0.25, 0.3) is 0 Å². The zero-order chi connectivity index (χ0) is 13.7. The Morgan fingerprint density at radius 2 is 2.26 bits per heavy atom. The summed E-state index contributed by atoms with van der Waals surface area (Å²) in [7, 11) is 0. The van der Waals surface area contributed by atoms with E-state index >= 15 is 0 Å². The summed E-state index contributed by atoms with van der Waals surface area (Å²) in [4.78, 5) is 10.8. The number of aryl methyl sites for hydroxylation is 1. The molecule has 1 heterocycles. The maximum atomic E-state index is 10.8. The monoisotopic (exact) mass is 267 g/mol. The summed E-state index contributed by atoms with van der Waals surface area (Å²) < 4.78 is 10.9. The summed E-state index contributed by atoms with van der Waals surface area (Å²) in [5.74, 6) is -0.378. The highest BCUT2D eigenvalue weighted by Gasteiger charge is 2.15. The van der Waals surface area contributed by atoms with Crippen LogP contribution in [0.2, 0.25) is 0 Å². The van der Waals surface area contributed by atoms with Crippen molar-refractivity contribution in [2.75, 3.05) is 13.2 Å². The van der Waals surface area contributed by atoms with Crippen molar-refractivity contribution in [1.82, 2.24) is 5.32 Å². The van der Waals surface area contributed by atoms with Crippen molar-refractivity contribution in [3.63, 3.8) is 0 Å². The summed E-state index contributed by atoms with van der Waals surface area (Å²) in [6.45, 7) is 3.85. The van der Waals surface area contributed by atoms with Crippen LogP contribution in [0.4, 0.5) is 0 Å². The van der Waals surface area contributed by atoms with E-state index in [1.807, 2.05) is 0 Å². The second kappa shape index (κ2) is 6.73. The molecular weight excluding hydrogens is 246 g/mol. The molecule has 0 bridgehead atoms. The number of hydrogen-bond acceptors (Lipinski definition) is 4. The highest BCUT2D eigenvalue weighted by molar-refractivity contribution is 5.84. The number of carbonyl (C=O) groups is 1. The van der Waals surface area contributed by atoms with E-state index in [-0.39, 0.29) is 5.76 Å². The molecule has 2 N–H and O–H groups in total. The van der Waals surface area contributed by atoms with Gasteiger partial charge in [-0.25, -0.2) is 4.79 Å². The quantitative estimate of drug-likeness (QED) is 0.742. The van der Waals surface area contributed by atoms with Crippen LogP contribution in [0.3, 0.4) is 0 Å². The summed E-state index contributed by atoms with van der Waals surface area (Å²) in [5, 5.41) is 12.1. The predicted molar refractivity (Wildman–Crippen MR) is 70.3 cm³/mol. The molecule has 0 spiro atoms. The third kappa shape index (κ3) is 4.08. The maximum Gasteiger partial charge on any atom is 0.371 e. The number of ether oxygens (including phenoxy) is 1. The molecule has 106 valence electrons. The molecule has 1 aromatic heterocycles. The van der Waals surface area contributed by atoms with Crippen LogP contribution in [0.1, 0.15) is 47.6 Å². The lowest BCUT2D eigenvalue weighted by atomic mass is 10.2. The zero-order valence-corrected chi connectivity index (χ0v) is 11.3. The molecule has 0 unspecified atom stereocenters. The minimum absolute atomic E-state index is 0.00324. The second-order valence-corrected chi connectivity index (χ2v) is 4.95. The Kier molecular flexibility index (Phi) is 4.99. The van der Waals surface area contributed by atoms with Gasteiger partial charge in [0.15, 0.2) is 0 Å². The van der Waals surface area contributed by atoms with Crippen LogP contribution < -0.4 is 5.32 Å². The van der Waals surface area contributed by atoms with E-state index in [2.05, 4.69) is 5.32 Å². The molecule has 1 aliphatic rings. The highest BCUT2D eigenvalue weighted by Crippen LogP contribution is 2.20. The SMILES string of the molecule is Cc1oc(C(=O)O)cc1CNCCOC1CCCC1. The van der Waals surface area contributed by atoms with Crippen LogP contribution in [0, 0.1) is 6.92 Å². The van der Waals surface area contributed by atoms with Gasteiger partial charge >= 0.3 is 5.97 Å². The molecule has 0 saturated heterocycles. The van der Waals surface area contributed by atoms with Gasteiger partial charge in [0, 0.05) is 18.7 Å². The van der Waals surface area contributed by atoms with Crippen LogP contribution >= 0.6 is 0 Å². The molecule has 1 aromatic rings. The molecule has 0 aromatic carbocycles. The number of carboxylic acids is 1. The van der Waals surface area contributed by atoms with Crippen molar-refractivity contribution in [3.05, 3.63) is 23.2 Å². The van der Waals surface area contributed by atoms with Crippen LogP contribution in [-0.2, 0) is 11.3 Å². The fourth-order valence-corrected chi connectivity index (χ4v) is 2.38. The van der Waals surface area contributed by atoms with Gasteiger partial charge in [-0.1, -0.05) is 12.8 Å². The summed E-state index contributed by atoms with van der Waals surface area (Å²) in [6.07, 6.45) is 5.37. The van der Waals surface area contributed by atoms with E-state index in [0.29, 0.717) is 25.0 Å². The minimum Gasteiger partial charge on any atom is -0.475 e. The summed E-state index contributed by atoms with van der Waals surface area (Å²) >= 11 is 0. The lowest BCUT2D eigenvalue weighted by Crippen LogP contribution is -2.22. The average Bonchev–Trinajstić information content (AvgIpc) is 2.99.